The number of ether oxygens (including phenoxy) is 2. The summed E-state index contributed by atoms with van der Waals surface area (Å²) in [6.07, 6.45) is 11.6. The summed E-state index contributed by atoms with van der Waals surface area (Å²) in [5, 5.41) is 21.0. The Labute approximate surface area is 390 Å². The Morgan fingerprint density at radius 3 is 1.86 bits per heavy atom. The number of nitrogens with zero attached hydrogens (tertiary/aromatic N) is 3. The van der Waals surface area contributed by atoms with Crippen LogP contribution in [0.3, 0.4) is 0 Å². The Kier molecular flexibility index (Phi) is 10.3. The average molecular weight is 873 g/mol. The van der Waals surface area contributed by atoms with Crippen molar-refractivity contribution in [2.45, 2.75) is 95.6 Å². The van der Waals surface area contributed by atoms with E-state index in [4.69, 9.17) is 14.6 Å². The first-order valence-electron chi connectivity index (χ1n) is 24.7. The van der Waals surface area contributed by atoms with E-state index >= 15 is 0 Å². The molecule has 3 heterocycles. The number of anilines is 1. The SMILES string of the molecule is C[C@]12CCC3(CC1=CC[C@H]1[C@H]2CC[C@]2(C)[C@@H]1CC[C@@]2(O)C[n+]1c(-c2ccccc2)cc(-c2ccc(N4N=C(c5ccccc5)C[C@H]4c4ccccc4)cc2)cc1-c1ccccc1)OCCO3. The first kappa shape index (κ1) is 41.7. The summed E-state index contributed by atoms with van der Waals surface area (Å²) in [5.41, 5.74) is 12.1. The topological polar surface area (TPSA) is 58.2 Å². The van der Waals surface area contributed by atoms with E-state index < -0.39 is 11.4 Å². The second kappa shape index (κ2) is 16.3. The lowest BCUT2D eigenvalue weighted by molar-refractivity contribution is -0.692. The highest BCUT2D eigenvalue weighted by molar-refractivity contribution is 6.03. The van der Waals surface area contributed by atoms with Gasteiger partial charge in [-0.1, -0.05) is 135 Å². The number of pyridine rings is 1. The number of aliphatic hydroxyl groups is 1. The van der Waals surface area contributed by atoms with Crippen molar-refractivity contribution in [3.63, 3.8) is 0 Å². The molecule has 0 bridgehead atoms. The van der Waals surface area contributed by atoms with Gasteiger partial charge in [-0.2, -0.15) is 9.67 Å². The van der Waals surface area contributed by atoms with Crippen LogP contribution >= 0.6 is 0 Å². The molecule has 6 aliphatic rings. The number of hydrogen-bond donors (Lipinski definition) is 1. The molecule has 1 spiro atoms. The number of allylic oxidation sites excluding steroid dienone is 1. The zero-order valence-electron chi connectivity index (χ0n) is 38.5. The van der Waals surface area contributed by atoms with Crippen LogP contribution in [0.2, 0.25) is 0 Å². The summed E-state index contributed by atoms with van der Waals surface area (Å²) < 4.78 is 15.0. The van der Waals surface area contributed by atoms with E-state index in [2.05, 4.69) is 187 Å². The van der Waals surface area contributed by atoms with Crippen LogP contribution in [0.4, 0.5) is 5.69 Å². The number of aromatic nitrogens is 1. The van der Waals surface area contributed by atoms with E-state index in [0.29, 0.717) is 37.5 Å². The lowest BCUT2D eigenvalue weighted by Crippen LogP contribution is -2.60. The molecular formula is C60H62N3O3+. The zero-order valence-corrected chi connectivity index (χ0v) is 38.5. The van der Waals surface area contributed by atoms with Gasteiger partial charge in [-0.15, -0.1) is 0 Å². The average Bonchev–Trinajstić information content (AvgIpc) is 4.09. The quantitative estimate of drug-likeness (QED) is 0.122. The van der Waals surface area contributed by atoms with Gasteiger partial charge in [-0.25, -0.2) is 0 Å². The van der Waals surface area contributed by atoms with Crippen LogP contribution in [0.25, 0.3) is 33.6 Å². The molecule has 5 aromatic carbocycles. The number of hydrazone groups is 1. The first-order chi connectivity index (χ1) is 32.2. The molecule has 6 aromatic rings. The zero-order chi connectivity index (χ0) is 44.5. The fraction of sp³-hybridized carbons (Fsp3) is 0.367. The highest BCUT2D eigenvalue weighted by atomic mass is 16.7. The standard InChI is InChI=1S/C60H62N3O3/c1-57-33-34-60(65-35-36-66-60)40-48(57)25-28-50-51(57)29-31-58(2)52(50)30-32-59(58,64)41-62-54(44-17-9-4-10-18-44)37-47(38-55(62)45-19-11-5-12-20-45)42-23-26-49(27-24-42)63-56(46-21-13-6-14-22-46)39-53(61-63)43-15-7-3-8-16-43/h3-27,37-38,50-52,56,64H,28-36,39-41H2,1-2H3/q+1/t50-,51+,52+,56-,57-,58+,59+/m0/s1. The second-order valence-corrected chi connectivity index (χ2v) is 20.8. The molecule has 0 radical (unpaired) electrons. The van der Waals surface area contributed by atoms with Gasteiger partial charge in [0, 0.05) is 47.9 Å². The second-order valence-electron chi connectivity index (χ2n) is 20.8. The molecule has 6 nitrogen and oxygen atoms in total. The van der Waals surface area contributed by atoms with Crippen LogP contribution in [-0.2, 0) is 16.0 Å². The summed E-state index contributed by atoms with van der Waals surface area (Å²) in [6.45, 7) is 6.96. The van der Waals surface area contributed by atoms with Crippen molar-refractivity contribution < 1.29 is 19.1 Å². The van der Waals surface area contributed by atoms with E-state index in [1.807, 2.05) is 0 Å². The summed E-state index contributed by atoms with van der Waals surface area (Å²) in [7, 11) is 0. The molecule has 1 N–H and O–H groups in total. The minimum Gasteiger partial charge on any atom is -0.383 e. The van der Waals surface area contributed by atoms with Crippen molar-refractivity contribution in [3.8, 4) is 33.6 Å². The predicted octanol–water partition coefficient (Wildman–Crippen LogP) is 12.8. The van der Waals surface area contributed by atoms with Crippen LogP contribution in [0, 0.1) is 28.6 Å². The lowest BCUT2D eigenvalue weighted by Gasteiger charge is -2.59. The van der Waals surface area contributed by atoms with Gasteiger partial charge in [0.1, 0.15) is 5.60 Å². The number of fused-ring (bicyclic) bond motifs is 5. The lowest BCUT2D eigenvalue weighted by atomic mass is 9.46. The summed E-state index contributed by atoms with van der Waals surface area (Å²) in [4.78, 5) is 0. The van der Waals surface area contributed by atoms with Crippen LogP contribution in [0.5, 0.6) is 0 Å². The molecule has 12 rings (SSSR count). The van der Waals surface area contributed by atoms with Crippen molar-refractivity contribution in [1.82, 2.24) is 0 Å². The fourth-order valence-corrected chi connectivity index (χ4v) is 13.9. The minimum atomic E-state index is -0.874. The van der Waals surface area contributed by atoms with Crippen molar-refractivity contribution in [3.05, 3.63) is 181 Å². The molecular weight excluding hydrogens is 811 g/mol. The minimum absolute atomic E-state index is 0.104. The Bertz CT molecular complexity index is 2730. The van der Waals surface area contributed by atoms with E-state index in [0.717, 1.165) is 103 Å². The third-order valence-electron chi connectivity index (χ3n) is 17.6. The molecule has 7 atom stereocenters. The van der Waals surface area contributed by atoms with Gasteiger partial charge in [0.25, 0.3) is 0 Å². The van der Waals surface area contributed by atoms with Crippen LogP contribution in [-0.4, -0.2) is 35.4 Å². The smallest absolute Gasteiger partial charge is 0.213 e. The van der Waals surface area contributed by atoms with Crippen molar-refractivity contribution >= 4 is 11.4 Å². The van der Waals surface area contributed by atoms with Gasteiger partial charge in [0.05, 0.1) is 30.7 Å². The summed E-state index contributed by atoms with van der Waals surface area (Å²) in [5.74, 6) is 1.26. The Hall–Kier alpha value is -5.66. The monoisotopic (exact) mass is 872 g/mol. The van der Waals surface area contributed by atoms with Gasteiger partial charge < -0.3 is 14.6 Å². The van der Waals surface area contributed by atoms with E-state index in [-0.39, 0.29) is 16.9 Å². The number of hydrogen-bond acceptors (Lipinski definition) is 5. The Balaban J connectivity index is 0.904. The molecule has 334 valence electrons. The molecule has 6 heteroatoms. The van der Waals surface area contributed by atoms with Crippen LogP contribution in [0.1, 0.15) is 88.8 Å². The van der Waals surface area contributed by atoms with E-state index in [1.165, 1.54) is 11.1 Å². The largest absolute Gasteiger partial charge is 0.383 e. The van der Waals surface area contributed by atoms with E-state index in [9.17, 15) is 5.11 Å². The normalized spacial score (nSPS) is 29.8. The molecule has 0 amide bonds. The molecule has 1 saturated heterocycles. The van der Waals surface area contributed by atoms with Crippen LogP contribution < -0.4 is 9.58 Å². The number of benzene rings is 5. The third-order valence-corrected chi connectivity index (χ3v) is 17.6. The molecule has 4 aliphatic carbocycles. The van der Waals surface area contributed by atoms with Gasteiger partial charge in [0.2, 0.25) is 11.4 Å². The van der Waals surface area contributed by atoms with Crippen molar-refractivity contribution in [2.24, 2.45) is 33.7 Å². The highest BCUT2D eigenvalue weighted by Gasteiger charge is 2.66. The molecule has 2 aliphatic heterocycles. The maximum absolute atomic E-state index is 13.5. The van der Waals surface area contributed by atoms with Gasteiger partial charge in [-0.05, 0) is 120 Å². The van der Waals surface area contributed by atoms with Gasteiger partial charge in [-0.3, -0.25) is 5.01 Å². The first-order valence-corrected chi connectivity index (χ1v) is 24.7. The van der Waals surface area contributed by atoms with E-state index in [1.54, 1.807) is 5.57 Å². The van der Waals surface area contributed by atoms with Crippen molar-refractivity contribution in [2.75, 3.05) is 18.2 Å². The molecule has 4 fully saturated rings. The summed E-state index contributed by atoms with van der Waals surface area (Å²) in [6, 6.07) is 56.8. The maximum Gasteiger partial charge on any atom is 0.213 e. The maximum atomic E-state index is 13.5. The molecule has 0 unspecified atom stereocenters. The van der Waals surface area contributed by atoms with Crippen molar-refractivity contribution in [1.29, 1.82) is 0 Å². The predicted molar refractivity (Wildman–Crippen MR) is 263 cm³/mol. The third kappa shape index (κ3) is 6.93. The van der Waals surface area contributed by atoms with Gasteiger partial charge in [0.15, 0.2) is 12.3 Å². The molecule has 3 saturated carbocycles. The summed E-state index contributed by atoms with van der Waals surface area (Å²) >= 11 is 0. The fourth-order valence-electron chi connectivity index (χ4n) is 13.9. The number of rotatable bonds is 8. The van der Waals surface area contributed by atoms with Crippen LogP contribution in [0.15, 0.2) is 174 Å². The molecule has 1 aromatic heterocycles. The van der Waals surface area contributed by atoms with Gasteiger partial charge >= 0.3 is 0 Å². The molecule has 66 heavy (non-hydrogen) atoms. The Morgan fingerprint density at radius 2 is 1.23 bits per heavy atom. The highest BCUT2D eigenvalue weighted by Crippen LogP contribution is 2.68. The Morgan fingerprint density at radius 1 is 0.636 bits per heavy atom.